The van der Waals surface area contributed by atoms with E-state index in [2.05, 4.69) is 31.1 Å². The molecule has 3 aromatic heterocycles. The van der Waals surface area contributed by atoms with Gasteiger partial charge in [-0.25, -0.2) is 0 Å². The van der Waals surface area contributed by atoms with Gasteiger partial charge in [-0.2, -0.15) is 0 Å². The number of hydrogen-bond donors (Lipinski definition) is 3. The normalized spacial score (nSPS) is 19.4. The number of nitrogens with one attached hydrogen (secondary N) is 3. The van der Waals surface area contributed by atoms with Crippen LogP contribution in [-0.4, -0.2) is 38.1 Å². The molecule has 2 fully saturated rings. The Kier molecular flexibility index (Phi) is 5.52. The number of aryl methyl sites for hydroxylation is 1. The summed E-state index contributed by atoms with van der Waals surface area (Å²) in [6, 6.07) is 3.91. The van der Waals surface area contributed by atoms with Crippen molar-refractivity contribution in [3.05, 3.63) is 46.9 Å². The number of amides is 2. The van der Waals surface area contributed by atoms with Crippen LogP contribution in [0.1, 0.15) is 58.9 Å². The maximum Gasteiger partial charge on any atom is 0.254 e. The molecule has 3 heterocycles. The minimum Gasteiger partial charge on any atom is -0.352 e. The monoisotopic (exact) mass is 477 g/mol. The van der Waals surface area contributed by atoms with Gasteiger partial charge >= 0.3 is 0 Å². The fourth-order valence-electron chi connectivity index (χ4n) is 4.50. The van der Waals surface area contributed by atoms with E-state index < -0.39 is 0 Å². The van der Waals surface area contributed by atoms with E-state index in [1.807, 2.05) is 16.7 Å². The predicted octanol–water partition coefficient (Wildman–Crippen LogP) is 3.70. The van der Waals surface area contributed by atoms with Gasteiger partial charge in [0.15, 0.2) is 0 Å². The zero-order chi connectivity index (χ0) is 23.1. The van der Waals surface area contributed by atoms with Crippen LogP contribution in [0.4, 0.5) is 16.6 Å². The molecular formula is C24H27N7O2S. The number of nitrogens with zero attached hydrogens (tertiary/aromatic N) is 4. The van der Waals surface area contributed by atoms with Gasteiger partial charge in [0.1, 0.15) is 11.3 Å². The van der Waals surface area contributed by atoms with Gasteiger partial charge in [-0.05, 0) is 68.6 Å². The zero-order valence-electron chi connectivity index (χ0n) is 18.8. The van der Waals surface area contributed by atoms with Crippen LogP contribution >= 0.6 is 11.3 Å². The summed E-state index contributed by atoms with van der Waals surface area (Å²) in [5, 5.41) is 18.6. The highest BCUT2D eigenvalue weighted by molar-refractivity contribution is 7.17. The number of pyridine rings is 1. The van der Waals surface area contributed by atoms with Crippen molar-refractivity contribution in [1.82, 2.24) is 25.1 Å². The maximum atomic E-state index is 13.3. The fourth-order valence-corrected chi connectivity index (χ4v) is 5.75. The molecule has 3 aliphatic rings. The SMILES string of the molecule is O=C(NCC1CC1)c1c(NC(=O)C2CC2)sc2c1C[C@@H](n1cnnc1Nc1cccnc1)CC2. The van der Waals surface area contributed by atoms with E-state index in [0.29, 0.717) is 35.4 Å². The highest BCUT2D eigenvalue weighted by Gasteiger charge is 2.35. The number of carbonyl (C=O) groups excluding carboxylic acids is 2. The lowest BCUT2D eigenvalue weighted by atomic mass is 9.91. The van der Waals surface area contributed by atoms with E-state index in [-0.39, 0.29) is 23.8 Å². The Hall–Kier alpha value is -3.27. The lowest BCUT2D eigenvalue weighted by Gasteiger charge is -2.25. The van der Waals surface area contributed by atoms with E-state index in [1.54, 1.807) is 30.1 Å². The number of hydrogen-bond acceptors (Lipinski definition) is 7. The summed E-state index contributed by atoms with van der Waals surface area (Å²) in [5.41, 5.74) is 2.53. The minimum absolute atomic E-state index is 0.0353. The second kappa shape index (κ2) is 8.83. The second-order valence-electron chi connectivity index (χ2n) is 9.45. The summed E-state index contributed by atoms with van der Waals surface area (Å²) < 4.78 is 2.04. The van der Waals surface area contributed by atoms with Crippen molar-refractivity contribution in [3.63, 3.8) is 0 Å². The molecule has 0 spiro atoms. The summed E-state index contributed by atoms with van der Waals surface area (Å²) in [7, 11) is 0. The lowest BCUT2D eigenvalue weighted by Crippen LogP contribution is -2.28. The highest BCUT2D eigenvalue weighted by atomic mass is 32.1. The van der Waals surface area contributed by atoms with Gasteiger partial charge < -0.3 is 16.0 Å². The first-order chi connectivity index (χ1) is 16.7. The van der Waals surface area contributed by atoms with Gasteiger partial charge in [-0.15, -0.1) is 21.5 Å². The van der Waals surface area contributed by atoms with Crippen molar-refractivity contribution in [3.8, 4) is 0 Å². The molecule has 1 atom stereocenters. The Morgan fingerprint density at radius 3 is 2.82 bits per heavy atom. The van der Waals surface area contributed by atoms with Crippen LogP contribution in [-0.2, 0) is 17.6 Å². The molecule has 9 nitrogen and oxygen atoms in total. The highest BCUT2D eigenvalue weighted by Crippen LogP contribution is 2.42. The van der Waals surface area contributed by atoms with Crippen LogP contribution in [0.15, 0.2) is 30.9 Å². The van der Waals surface area contributed by atoms with Gasteiger partial charge in [0.2, 0.25) is 11.9 Å². The Balaban J connectivity index is 1.27. The lowest BCUT2D eigenvalue weighted by molar-refractivity contribution is -0.117. The standard InChI is InChI=1S/C24H27N7O2S/c32-21(15-5-6-15)29-23-20(22(33)26-11-14-3-4-14)18-10-17(7-8-19(18)34-23)31-13-27-30-24(31)28-16-2-1-9-25-12-16/h1-2,9,12-15,17H,3-8,10-11H2,(H,26,33)(H,28,30)(H,29,32)/t17-/m0/s1. The molecule has 0 unspecified atom stereocenters. The Bertz CT molecular complexity index is 1210. The van der Waals surface area contributed by atoms with E-state index in [1.165, 1.54) is 17.7 Å². The number of anilines is 3. The minimum atomic E-state index is -0.0754. The molecule has 176 valence electrons. The molecule has 6 rings (SSSR count). The summed E-state index contributed by atoms with van der Waals surface area (Å²) in [4.78, 5) is 31.2. The molecule has 3 aliphatic carbocycles. The second-order valence-corrected chi connectivity index (χ2v) is 10.6. The van der Waals surface area contributed by atoms with Gasteiger partial charge in [-0.3, -0.25) is 19.1 Å². The summed E-state index contributed by atoms with van der Waals surface area (Å²) in [5.74, 6) is 1.29. The van der Waals surface area contributed by atoms with Crippen LogP contribution in [0, 0.1) is 11.8 Å². The first kappa shape index (κ1) is 21.3. The average molecular weight is 478 g/mol. The molecule has 0 bridgehead atoms. The van der Waals surface area contributed by atoms with Crippen molar-refractivity contribution in [1.29, 1.82) is 0 Å². The van der Waals surface area contributed by atoms with E-state index >= 15 is 0 Å². The number of thiophene rings is 1. The molecule has 2 saturated carbocycles. The van der Waals surface area contributed by atoms with E-state index in [9.17, 15) is 9.59 Å². The van der Waals surface area contributed by atoms with Gasteiger partial charge in [0.05, 0.1) is 17.4 Å². The summed E-state index contributed by atoms with van der Waals surface area (Å²) >= 11 is 1.56. The fraction of sp³-hybridized carbons (Fsp3) is 0.458. The van der Waals surface area contributed by atoms with Crippen LogP contribution in [0.25, 0.3) is 0 Å². The van der Waals surface area contributed by atoms with E-state index in [0.717, 1.165) is 36.9 Å². The molecule has 0 aromatic carbocycles. The third kappa shape index (κ3) is 4.42. The smallest absolute Gasteiger partial charge is 0.254 e. The largest absolute Gasteiger partial charge is 0.352 e. The quantitative estimate of drug-likeness (QED) is 0.456. The van der Waals surface area contributed by atoms with Crippen molar-refractivity contribution in [2.24, 2.45) is 11.8 Å². The third-order valence-electron chi connectivity index (χ3n) is 6.78. The van der Waals surface area contributed by atoms with Crippen molar-refractivity contribution < 1.29 is 9.59 Å². The Labute approximate surface area is 201 Å². The molecule has 0 aliphatic heterocycles. The van der Waals surface area contributed by atoms with Crippen molar-refractivity contribution in [2.45, 2.75) is 51.0 Å². The Morgan fingerprint density at radius 1 is 1.18 bits per heavy atom. The number of fused-ring (bicyclic) bond motifs is 1. The third-order valence-corrected chi connectivity index (χ3v) is 7.99. The summed E-state index contributed by atoms with van der Waals surface area (Å²) in [6.45, 7) is 0.702. The number of rotatable bonds is 8. The molecular weight excluding hydrogens is 450 g/mol. The van der Waals surface area contributed by atoms with Crippen LogP contribution in [0.5, 0.6) is 0 Å². The van der Waals surface area contributed by atoms with Crippen LogP contribution in [0.3, 0.4) is 0 Å². The molecule has 3 aromatic rings. The summed E-state index contributed by atoms with van der Waals surface area (Å²) in [6.07, 6.45) is 11.9. The number of aromatic nitrogens is 4. The molecule has 10 heteroatoms. The average Bonchev–Trinajstić information content (AvgIpc) is 3.77. The molecule has 34 heavy (non-hydrogen) atoms. The van der Waals surface area contributed by atoms with Crippen molar-refractivity contribution in [2.75, 3.05) is 17.2 Å². The maximum absolute atomic E-state index is 13.3. The van der Waals surface area contributed by atoms with Crippen molar-refractivity contribution >= 4 is 39.8 Å². The first-order valence-electron chi connectivity index (χ1n) is 12.0. The zero-order valence-corrected chi connectivity index (χ0v) is 19.6. The van der Waals surface area contributed by atoms with Gasteiger partial charge in [0, 0.05) is 29.6 Å². The molecule has 0 radical (unpaired) electrons. The number of carbonyl (C=O) groups is 2. The Morgan fingerprint density at radius 2 is 2.06 bits per heavy atom. The predicted molar refractivity (Wildman–Crippen MR) is 129 cm³/mol. The first-order valence-corrected chi connectivity index (χ1v) is 12.8. The molecule has 2 amide bonds. The molecule has 0 saturated heterocycles. The van der Waals surface area contributed by atoms with Gasteiger partial charge in [-0.1, -0.05) is 0 Å². The van der Waals surface area contributed by atoms with Crippen LogP contribution in [0.2, 0.25) is 0 Å². The van der Waals surface area contributed by atoms with Gasteiger partial charge in [0.25, 0.3) is 5.91 Å². The van der Waals surface area contributed by atoms with E-state index in [4.69, 9.17) is 0 Å². The molecule has 3 N–H and O–H groups in total. The van der Waals surface area contributed by atoms with Crippen LogP contribution < -0.4 is 16.0 Å². The topological polar surface area (TPSA) is 114 Å².